The van der Waals surface area contributed by atoms with Gasteiger partial charge in [0.2, 0.25) is 0 Å². The number of furan rings is 1. The molecule has 0 spiro atoms. The summed E-state index contributed by atoms with van der Waals surface area (Å²) in [5.74, 6) is 0. The molecule has 0 amide bonds. The van der Waals surface area contributed by atoms with Gasteiger partial charge in [-0.1, -0.05) is 135 Å². The van der Waals surface area contributed by atoms with Crippen LogP contribution < -0.4 is 4.90 Å². The highest BCUT2D eigenvalue weighted by atomic mass is 16.3. The van der Waals surface area contributed by atoms with Crippen molar-refractivity contribution in [3.8, 4) is 22.3 Å². The molecule has 0 bridgehead atoms. The van der Waals surface area contributed by atoms with Crippen LogP contribution in [-0.4, -0.2) is 0 Å². The molecule has 0 saturated heterocycles. The first-order valence-electron chi connectivity index (χ1n) is 17.0. The molecule has 0 aliphatic heterocycles. The summed E-state index contributed by atoms with van der Waals surface area (Å²) in [6, 6.07) is 59.5. The Bertz CT molecular complexity index is 2750. The van der Waals surface area contributed by atoms with Crippen LogP contribution in [0.1, 0.15) is 25.0 Å². The van der Waals surface area contributed by atoms with E-state index in [4.69, 9.17) is 4.42 Å². The van der Waals surface area contributed by atoms with E-state index in [0.717, 1.165) is 50.1 Å². The second kappa shape index (κ2) is 10.4. The third kappa shape index (κ3) is 4.20. The van der Waals surface area contributed by atoms with E-state index in [-0.39, 0.29) is 5.41 Å². The van der Waals surface area contributed by atoms with Crippen LogP contribution in [0.25, 0.3) is 65.7 Å². The summed E-state index contributed by atoms with van der Waals surface area (Å²) in [4.78, 5) is 2.46. The molecule has 2 heteroatoms. The van der Waals surface area contributed by atoms with Gasteiger partial charge in [-0.2, -0.15) is 0 Å². The van der Waals surface area contributed by atoms with Gasteiger partial charge in [-0.05, 0) is 91.8 Å². The van der Waals surface area contributed by atoms with Crippen LogP contribution in [0.2, 0.25) is 0 Å². The van der Waals surface area contributed by atoms with Gasteiger partial charge in [0.15, 0.2) is 0 Å². The first-order chi connectivity index (χ1) is 24.0. The van der Waals surface area contributed by atoms with Gasteiger partial charge in [0.1, 0.15) is 11.2 Å². The fourth-order valence-electron chi connectivity index (χ4n) is 8.19. The summed E-state index contributed by atoms with van der Waals surface area (Å²) in [5.41, 5.74) is 12.6. The maximum atomic E-state index is 6.63. The van der Waals surface area contributed by atoms with Gasteiger partial charge >= 0.3 is 0 Å². The van der Waals surface area contributed by atoms with Gasteiger partial charge < -0.3 is 9.32 Å². The predicted octanol–water partition coefficient (Wildman–Crippen LogP) is 13.3. The summed E-state index contributed by atoms with van der Waals surface area (Å²) < 4.78 is 6.63. The van der Waals surface area contributed by atoms with E-state index in [0.29, 0.717) is 0 Å². The molecule has 49 heavy (non-hydrogen) atoms. The molecule has 0 unspecified atom stereocenters. The molecule has 1 aliphatic carbocycles. The average molecular weight is 628 g/mol. The second-order valence-corrected chi connectivity index (χ2v) is 13.8. The normalized spacial score (nSPS) is 13.3. The minimum absolute atomic E-state index is 0.122. The van der Waals surface area contributed by atoms with Crippen molar-refractivity contribution in [3.63, 3.8) is 0 Å². The number of anilines is 3. The van der Waals surface area contributed by atoms with Crippen LogP contribution in [0.15, 0.2) is 168 Å². The van der Waals surface area contributed by atoms with Gasteiger partial charge in [0.25, 0.3) is 0 Å². The van der Waals surface area contributed by atoms with E-state index in [2.05, 4.69) is 183 Å². The Hall–Kier alpha value is -6.12. The molecule has 1 aliphatic rings. The molecule has 2 nitrogen and oxygen atoms in total. The molecule has 232 valence electrons. The van der Waals surface area contributed by atoms with E-state index in [1.807, 2.05) is 0 Å². The number of hydrogen-bond donors (Lipinski definition) is 0. The summed E-state index contributed by atoms with van der Waals surface area (Å²) in [5, 5.41) is 7.10. The van der Waals surface area contributed by atoms with E-state index in [9.17, 15) is 0 Å². The third-order valence-electron chi connectivity index (χ3n) is 10.6. The molecule has 1 aromatic heterocycles. The van der Waals surface area contributed by atoms with Crippen molar-refractivity contribution >= 4 is 60.5 Å². The number of nitrogens with zero attached hydrogens (tertiary/aromatic N) is 1. The van der Waals surface area contributed by atoms with Crippen molar-refractivity contribution in [2.75, 3.05) is 4.90 Å². The zero-order chi connectivity index (χ0) is 32.7. The Morgan fingerprint density at radius 3 is 2.00 bits per heavy atom. The van der Waals surface area contributed by atoms with Gasteiger partial charge in [-0.3, -0.25) is 0 Å². The fourth-order valence-corrected chi connectivity index (χ4v) is 8.19. The lowest BCUT2D eigenvalue weighted by Crippen LogP contribution is -2.17. The Morgan fingerprint density at radius 1 is 0.449 bits per heavy atom. The lowest BCUT2D eigenvalue weighted by molar-refractivity contribution is 0.660. The minimum atomic E-state index is -0.122. The van der Waals surface area contributed by atoms with Crippen LogP contribution in [0.4, 0.5) is 17.1 Å². The third-order valence-corrected chi connectivity index (χ3v) is 10.6. The summed E-state index contributed by atoms with van der Waals surface area (Å²) in [6.07, 6.45) is 0. The van der Waals surface area contributed by atoms with Crippen molar-refractivity contribution in [1.29, 1.82) is 0 Å². The molecular formula is C47H33NO. The molecular weight excluding hydrogens is 595 g/mol. The molecule has 0 fully saturated rings. The first kappa shape index (κ1) is 27.9. The van der Waals surface area contributed by atoms with Gasteiger partial charge in [-0.15, -0.1) is 0 Å². The Morgan fingerprint density at radius 2 is 1.12 bits per heavy atom. The van der Waals surface area contributed by atoms with E-state index < -0.39 is 0 Å². The number of hydrogen-bond acceptors (Lipinski definition) is 2. The monoisotopic (exact) mass is 627 g/mol. The van der Waals surface area contributed by atoms with E-state index in [1.54, 1.807) is 0 Å². The topological polar surface area (TPSA) is 16.4 Å². The maximum Gasteiger partial charge on any atom is 0.136 e. The van der Waals surface area contributed by atoms with Crippen LogP contribution in [0.5, 0.6) is 0 Å². The molecule has 0 saturated carbocycles. The van der Waals surface area contributed by atoms with Crippen molar-refractivity contribution in [1.82, 2.24) is 0 Å². The van der Waals surface area contributed by atoms with Gasteiger partial charge in [0.05, 0.1) is 5.69 Å². The second-order valence-electron chi connectivity index (χ2n) is 13.8. The molecule has 8 aromatic carbocycles. The number of benzene rings is 8. The molecule has 0 atom stereocenters. The summed E-state index contributed by atoms with van der Waals surface area (Å²) in [7, 11) is 0. The van der Waals surface area contributed by atoms with Crippen molar-refractivity contribution in [2.24, 2.45) is 0 Å². The predicted molar refractivity (Wildman–Crippen MR) is 206 cm³/mol. The highest BCUT2D eigenvalue weighted by Gasteiger charge is 2.36. The van der Waals surface area contributed by atoms with Crippen molar-refractivity contribution in [3.05, 3.63) is 175 Å². The lowest BCUT2D eigenvalue weighted by Gasteiger charge is -2.30. The van der Waals surface area contributed by atoms with Crippen molar-refractivity contribution in [2.45, 2.75) is 19.3 Å². The quantitative estimate of drug-likeness (QED) is 0.193. The smallest absolute Gasteiger partial charge is 0.136 e. The Labute approximate surface area is 285 Å². The Kier molecular flexibility index (Phi) is 5.95. The molecule has 0 radical (unpaired) electrons. The first-order valence-corrected chi connectivity index (χ1v) is 17.0. The van der Waals surface area contributed by atoms with Gasteiger partial charge in [-0.25, -0.2) is 0 Å². The van der Waals surface area contributed by atoms with Crippen LogP contribution in [0, 0.1) is 0 Å². The van der Waals surface area contributed by atoms with E-state index in [1.165, 1.54) is 43.8 Å². The fraction of sp³-hybridized carbons (Fsp3) is 0.0638. The SMILES string of the molecule is CC1(C)c2ccccc2-c2ccc(N(c3ccc4ccccc4c3)c3cc4c(cc3-c3ccccc3)oc3ccc5ccccc5c34)cc21. The molecule has 1 heterocycles. The van der Waals surface area contributed by atoms with Crippen LogP contribution in [0.3, 0.4) is 0 Å². The zero-order valence-corrected chi connectivity index (χ0v) is 27.4. The maximum absolute atomic E-state index is 6.63. The van der Waals surface area contributed by atoms with Crippen molar-refractivity contribution < 1.29 is 4.42 Å². The molecule has 10 rings (SSSR count). The summed E-state index contributed by atoms with van der Waals surface area (Å²) >= 11 is 0. The largest absolute Gasteiger partial charge is 0.456 e. The highest BCUT2D eigenvalue weighted by molar-refractivity contribution is 6.20. The van der Waals surface area contributed by atoms with Crippen LogP contribution >= 0.6 is 0 Å². The van der Waals surface area contributed by atoms with Gasteiger partial charge in [0, 0.05) is 33.1 Å². The minimum Gasteiger partial charge on any atom is -0.456 e. The molecule has 9 aromatic rings. The Balaban J connectivity index is 1.30. The van der Waals surface area contributed by atoms with E-state index >= 15 is 0 Å². The number of fused-ring (bicyclic) bond motifs is 9. The van der Waals surface area contributed by atoms with Crippen LogP contribution in [-0.2, 0) is 5.41 Å². The summed E-state index contributed by atoms with van der Waals surface area (Å²) in [6.45, 7) is 4.71. The lowest BCUT2D eigenvalue weighted by atomic mass is 9.82. The highest BCUT2D eigenvalue weighted by Crippen LogP contribution is 2.52. The zero-order valence-electron chi connectivity index (χ0n) is 27.4. The average Bonchev–Trinajstić information content (AvgIpc) is 3.63. The standard InChI is InChI=1S/C47H33NO/c1-47(2)41-19-11-10-18-37(41)38-24-23-35(27-42(38)47)48(34-22-20-30-12-6-7-16-33(30)26-34)43-28-40-45(29-39(43)31-13-4-3-5-14-31)49-44-25-21-32-15-8-9-17-36(32)46(40)44/h3-29H,1-2H3. The number of rotatable bonds is 4. The molecule has 0 N–H and O–H groups in total.